The minimum absolute atomic E-state index is 0.0869. The van der Waals surface area contributed by atoms with Gasteiger partial charge in [0.1, 0.15) is 17.4 Å². The molecule has 0 amide bonds. The summed E-state index contributed by atoms with van der Waals surface area (Å²) >= 11 is 0. The predicted molar refractivity (Wildman–Crippen MR) is 96.2 cm³/mol. The molecule has 3 rings (SSSR count). The Morgan fingerprint density at radius 2 is 1.61 bits per heavy atom. The van der Waals surface area contributed by atoms with E-state index in [1.54, 1.807) is 0 Å². The fourth-order valence-electron chi connectivity index (χ4n) is 4.05. The quantitative estimate of drug-likeness (QED) is 0.558. The van der Waals surface area contributed by atoms with Crippen LogP contribution < -0.4 is 4.74 Å². The van der Waals surface area contributed by atoms with Gasteiger partial charge in [0.2, 0.25) is 0 Å². The summed E-state index contributed by atoms with van der Waals surface area (Å²) in [6.45, 7) is 4.67. The Morgan fingerprint density at radius 1 is 1.04 bits per heavy atom. The molecule has 0 N–H and O–H groups in total. The van der Waals surface area contributed by atoms with Crippen LogP contribution in [0.4, 0.5) is 17.6 Å². The molecule has 1 aliphatic carbocycles. The van der Waals surface area contributed by atoms with E-state index < -0.39 is 29.4 Å². The molecule has 1 aromatic rings. The monoisotopic (exact) mass is 404 g/mol. The molecule has 158 valence electrons. The van der Waals surface area contributed by atoms with Gasteiger partial charge in [-0.2, -0.15) is 8.78 Å². The van der Waals surface area contributed by atoms with Gasteiger partial charge in [-0.05, 0) is 39.0 Å². The highest BCUT2D eigenvalue weighted by Gasteiger charge is 2.45. The standard InChI is InChI=1S/C21H28F4O3/c1-3-4-14-11-26-20(27-12-14)15-5-7-16(8-6-15)21(24,25)28-17-9-18(22)13(2)19(23)10-17/h9-10,14-16,20H,3-8,11-12H2,1-2H3. The molecule has 2 aliphatic rings. The first-order valence-corrected chi connectivity index (χ1v) is 10.1. The number of rotatable bonds is 6. The van der Waals surface area contributed by atoms with E-state index in [1.807, 2.05) is 0 Å². The SMILES string of the molecule is CCCC1COC(C2CCC(C(F)(F)Oc3cc(F)c(C)c(F)c3)CC2)OC1. The van der Waals surface area contributed by atoms with Crippen LogP contribution >= 0.6 is 0 Å². The third kappa shape index (κ3) is 4.98. The molecule has 7 heteroatoms. The number of hydrogen-bond acceptors (Lipinski definition) is 3. The summed E-state index contributed by atoms with van der Waals surface area (Å²) in [5.74, 6) is -2.80. The zero-order chi connectivity index (χ0) is 20.3. The Hall–Kier alpha value is -1.34. The van der Waals surface area contributed by atoms with E-state index in [0.29, 0.717) is 32.0 Å². The van der Waals surface area contributed by atoms with Gasteiger partial charge < -0.3 is 14.2 Å². The van der Waals surface area contributed by atoms with Gasteiger partial charge in [0.25, 0.3) is 0 Å². The van der Waals surface area contributed by atoms with E-state index in [9.17, 15) is 17.6 Å². The van der Waals surface area contributed by atoms with Crippen LogP contribution in [0.15, 0.2) is 12.1 Å². The lowest BCUT2D eigenvalue weighted by Crippen LogP contribution is -2.42. The number of ether oxygens (including phenoxy) is 3. The lowest BCUT2D eigenvalue weighted by Gasteiger charge is -2.39. The van der Waals surface area contributed by atoms with Gasteiger partial charge in [0, 0.05) is 29.5 Å². The molecule has 2 fully saturated rings. The van der Waals surface area contributed by atoms with Crippen molar-refractivity contribution in [1.29, 1.82) is 0 Å². The number of halogens is 4. The third-order valence-corrected chi connectivity index (χ3v) is 5.83. The van der Waals surface area contributed by atoms with E-state index in [0.717, 1.165) is 25.0 Å². The molecular weight excluding hydrogens is 376 g/mol. The molecule has 0 radical (unpaired) electrons. The highest BCUT2D eigenvalue weighted by Crippen LogP contribution is 2.42. The predicted octanol–water partition coefficient (Wildman–Crippen LogP) is 5.84. The molecule has 3 nitrogen and oxygen atoms in total. The van der Waals surface area contributed by atoms with Crippen LogP contribution in [-0.4, -0.2) is 25.6 Å². The van der Waals surface area contributed by atoms with Gasteiger partial charge in [-0.3, -0.25) is 0 Å². The summed E-state index contributed by atoms with van der Waals surface area (Å²) in [4.78, 5) is 0. The Kier molecular flexibility index (Phi) is 6.86. The maximum Gasteiger partial charge on any atom is 0.400 e. The second-order valence-electron chi connectivity index (χ2n) is 7.98. The van der Waals surface area contributed by atoms with E-state index in [1.165, 1.54) is 6.92 Å². The molecule has 0 atom stereocenters. The number of alkyl halides is 2. The first kappa shape index (κ1) is 21.4. The normalized spacial score (nSPS) is 28.9. The number of hydrogen-bond donors (Lipinski definition) is 0. The highest BCUT2D eigenvalue weighted by atomic mass is 19.3. The van der Waals surface area contributed by atoms with Crippen LogP contribution in [0.25, 0.3) is 0 Å². The maximum atomic E-state index is 14.5. The second kappa shape index (κ2) is 8.99. The molecule has 1 aliphatic heterocycles. The maximum absolute atomic E-state index is 14.5. The fourth-order valence-corrected chi connectivity index (χ4v) is 4.05. The molecule has 0 bridgehead atoms. The molecule has 0 spiro atoms. The summed E-state index contributed by atoms with van der Waals surface area (Å²) in [7, 11) is 0. The first-order valence-electron chi connectivity index (χ1n) is 10.1. The molecule has 1 saturated heterocycles. The lowest BCUT2D eigenvalue weighted by atomic mass is 9.80. The zero-order valence-electron chi connectivity index (χ0n) is 16.4. The summed E-state index contributed by atoms with van der Waals surface area (Å²) in [5.41, 5.74) is -0.218. The average Bonchev–Trinajstić information content (AvgIpc) is 2.67. The Morgan fingerprint density at radius 3 is 2.14 bits per heavy atom. The lowest BCUT2D eigenvalue weighted by molar-refractivity contribution is -0.247. The van der Waals surface area contributed by atoms with E-state index in [-0.39, 0.29) is 30.6 Å². The fraction of sp³-hybridized carbons (Fsp3) is 0.714. The van der Waals surface area contributed by atoms with Crippen molar-refractivity contribution < 1.29 is 31.8 Å². The molecular formula is C21H28F4O3. The van der Waals surface area contributed by atoms with Gasteiger partial charge in [-0.25, -0.2) is 8.78 Å². The Bertz CT molecular complexity index is 628. The summed E-state index contributed by atoms with van der Waals surface area (Å²) < 4.78 is 72.6. The van der Waals surface area contributed by atoms with Crippen LogP contribution in [0.3, 0.4) is 0 Å². The smallest absolute Gasteiger partial charge is 0.400 e. The minimum Gasteiger partial charge on any atom is -0.432 e. The van der Waals surface area contributed by atoms with Crippen LogP contribution in [0.2, 0.25) is 0 Å². The largest absolute Gasteiger partial charge is 0.432 e. The second-order valence-corrected chi connectivity index (χ2v) is 7.98. The molecule has 28 heavy (non-hydrogen) atoms. The van der Waals surface area contributed by atoms with Gasteiger partial charge in [-0.1, -0.05) is 13.3 Å². The molecule has 0 aromatic heterocycles. The molecule has 1 heterocycles. The van der Waals surface area contributed by atoms with E-state index in [2.05, 4.69) is 6.92 Å². The van der Waals surface area contributed by atoms with E-state index >= 15 is 0 Å². The van der Waals surface area contributed by atoms with Crippen molar-refractivity contribution in [3.63, 3.8) is 0 Å². The van der Waals surface area contributed by atoms with Crippen LogP contribution in [0.1, 0.15) is 51.0 Å². The zero-order valence-corrected chi connectivity index (χ0v) is 16.4. The molecule has 1 saturated carbocycles. The van der Waals surface area contributed by atoms with Crippen molar-refractivity contribution in [3.8, 4) is 5.75 Å². The molecule has 1 aromatic carbocycles. The van der Waals surface area contributed by atoms with E-state index in [4.69, 9.17) is 14.2 Å². The minimum atomic E-state index is -3.49. The van der Waals surface area contributed by atoms with Gasteiger partial charge in [0.15, 0.2) is 6.29 Å². The van der Waals surface area contributed by atoms with Crippen molar-refractivity contribution in [2.75, 3.05) is 13.2 Å². The topological polar surface area (TPSA) is 27.7 Å². The van der Waals surface area contributed by atoms with Gasteiger partial charge >= 0.3 is 6.11 Å². The van der Waals surface area contributed by atoms with Crippen molar-refractivity contribution >= 4 is 0 Å². The number of benzene rings is 1. The van der Waals surface area contributed by atoms with Crippen molar-refractivity contribution in [3.05, 3.63) is 29.3 Å². The summed E-state index contributed by atoms with van der Waals surface area (Å²) in [6.07, 6.45) is -0.0949. The molecule has 0 unspecified atom stereocenters. The van der Waals surface area contributed by atoms with Crippen molar-refractivity contribution in [2.24, 2.45) is 17.8 Å². The van der Waals surface area contributed by atoms with Crippen LogP contribution in [-0.2, 0) is 9.47 Å². The average molecular weight is 404 g/mol. The van der Waals surface area contributed by atoms with Gasteiger partial charge in [0.05, 0.1) is 19.1 Å². The first-order chi connectivity index (χ1) is 13.3. The summed E-state index contributed by atoms with van der Waals surface area (Å²) in [5, 5.41) is 0. The Labute approximate surface area is 163 Å². The van der Waals surface area contributed by atoms with Crippen LogP contribution in [0, 0.1) is 36.3 Å². The van der Waals surface area contributed by atoms with Crippen LogP contribution in [0.5, 0.6) is 5.75 Å². The highest BCUT2D eigenvalue weighted by molar-refractivity contribution is 5.30. The Balaban J connectivity index is 1.52. The van der Waals surface area contributed by atoms with Gasteiger partial charge in [-0.15, -0.1) is 0 Å². The summed E-state index contributed by atoms with van der Waals surface area (Å²) in [6, 6.07) is 1.60. The van der Waals surface area contributed by atoms with Crippen molar-refractivity contribution in [1.82, 2.24) is 0 Å². The van der Waals surface area contributed by atoms with Crippen molar-refractivity contribution in [2.45, 2.75) is 64.8 Å². The third-order valence-electron chi connectivity index (χ3n) is 5.83.